The summed E-state index contributed by atoms with van der Waals surface area (Å²) in [5, 5.41) is 0. The topological polar surface area (TPSA) is 35.5 Å². The lowest BCUT2D eigenvalue weighted by molar-refractivity contribution is 0.0449. The largest absolute Gasteiger partial charge is 0.328 e. The zero-order chi connectivity index (χ0) is 13.9. The second kappa shape index (κ2) is 6.59. The van der Waals surface area contributed by atoms with Crippen LogP contribution in [0.3, 0.4) is 0 Å². The highest BCUT2D eigenvalue weighted by Gasteiger charge is 2.35. The van der Waals surface area contributed by atoms with E-state index in [0.717, 1.165) is 19.3 Å². The SMILES string of the molecule is [B]C1CCC(C(C)C)C(OP(C)(=O)OC(C)C)C1. The Morgan fingerprint density at radius 1 is 1.22 bits per heavy atom. The fourth-order valence-corrected chi connectivity index (χ4v) is 4.27. The molecule has 0 N–H and O–H groups in total. The van der Waals surface area contributed by atoms with E-state index in [1.807, 2.05) is 13.8 Å². The maximum Gasteiger partial charge on any atom is 0.328 e. The van der Waals surface area contributed by atoms with Crippen LogP contribution in [0.2, 0.25) is 5.82 Å². The monoisotopic (exact) mass is 272 g/mol. The van der Waals surface area contributed by atoms with Crippen LogP contribution in [0, 0.1) is 11.8 Å². The number of hydrogen-bond acceptors (Lipinski definition) is 3. The minimum atomic E-state index is -2.98. The lowest BCUT2D eigenvalue weighted by Gasteiger charge is -2.38. The van der Waals surface area contributed by atoms with Crippen LogP contribution in [0.5, 0.6) is 0 Å². The van der Waals surface area contributed by atoms with E-state index >= 15 is 0 Å². The van der Waals surface area contributed by atoms with Crippen molar-refractivity contribution in [3.05, 3.63) is 0 Å². The number of hydrogen-bond donors (Lipinski definition) is 0. The molecule has 0 aromatic rings. The third-order valence-electron chi connectivity index (χ3n) is 3.47. The van der Waals surface area contributed by atoms with Gasteiger partial charge in [-0.05, 0) is 38.5 Å². The molecule has 5 heteroatoms. The summed E-state index contributed by atoms with van der Waals surface area (Å²) in [5.41, 5.74) is 0. The van der Waals surface area contributed by atoms with Gasteiger partial charge in [0.2, 0.25) is 0 Å². The first kappa shape index (κ1) is 16.3. The van der Waals surface area contributed by atoms with Crippen LogP contribution in [0.25, 0.3) is 0 Å². The van der Waals surface area contributed by atoms with Crippen LogP contribution in [-0.4, -0.2) is 26.7 Å². The molecule has 1 aliphatic carbocycles. The normalized spacial score (nSPS) is 32.7. The lowest BCUT2D eigenvalue weighted by Crippen LogP contribution is -2.33. The van der Waals surface area contributed by atoms with Crippen LogP contribution in [0.15, 0.2) is 0 Å². The molecule has 0 bridgehead atoms. The van der Waals surface area contributed by atoms with Crippen molar-refractivity contribution in [1.82, 2.24) is 0 Å². The van der Waals surface area contributed by atoms with Gasteiger partial charge in [0.1, 0.15) is 0 Å². The molecule has 1 aliphatic rings. The summed E-state index contributed by atoms with van der Waals surface area (Å²) in [7, 11) is 3.02. The standard InChI is InChI=1S/C13H26BO3P/c1-9(2)12-7-6-11(14)8-13(12)17-18(5,15)16-10(3)4/h9-13H,6-8H2,1-5H3. The van der Waals surface area contributed by atoms with Gasteiger partial charge in [-0.25, -0.2) is 0 Å². The van der Waals surface area contributed by atoms with E-state index in [-0.39, 0.29) is 18.0 Å². The fourth-order valence-electron chi connectivity index (χ4n) is 2.72. The molecule has 0 amide bonds. The molecule has 0 heterocycles. The van der Waals surface area contributed by atoms with Crippen molar-refractivity contribution in [1.29, 1.82) is 0 Å². The molecule has 0 aromatic heterocycles. The summed E-state index contributed by atoms with van der Waals surface area (Å²) in [5.74, 6) is 1.10. The van der Waals surface area contributed by atoms with Crippen molar-refractivity contribution in [3.63, 3.8) is 0 Å². The van der Waals surface area contributed by atoms with Crippen molar-refractivity contribution >= 4 is 15.4 Å². The Labute approximate surface area is 113 Å². The van der Waals surface area contributed by atoms with Crippen LogP contribution in [0.1, 0.15) is 47.0 Å². The average Bonchev–Trinajstić information content (AvgIpc) is 2.13. The van der Waals surface area contributed by atoms with Gasteiger partial charge in [-0.1, -0.05) is 26.1 Å². The molecule has 104 valence electrons. The van der Waals surface area contributed by atoms with Crippen LogP contribution in [0.4, 0.5) is 0 Å². The highest BCUT2D eigenvalue weighted by atomic mass is 31.2. The first-order valence-corrected chi connectivity index (χ1v) is 8.90. The molecule has 2 radical (unpaired) electrons. The van der Waals surface area contributed by atoms with E-state index in [1.54, 1.807) is 6.66 Å². The molecule has 3 nitrogen and oxygen atoms in total. The summed E-state index contributed by atoms with van der Waals surface area (Å²) in [6, 6.07) is 0. The molecule has 4 unspecified atom stereocenters. The second-order valence-electron chi connectivity index (χ2n) is 6.05. The Morgan fingerprint density at radius 2 is 1.83 bits per heavy atom. The van der Waals surface area contributed by atoms with E-state index in [1.165, 1.54) is 0 Å². The van der Waals surface area contributed by atoms with Crippen LogP contribution >= 0.6 is 7.60 Å². The predicted molar refractivity (Wildman–Crippen MR) is 76.3 cm³/mol. The lowest BCUT2D eigenvalue weighted by atomic mass is 9.68. The Hall–Kier alpha value is 0.215. The molecule has 1 saturated carbocycles. The maximum atomic E-state index is 12.3. The summed E-state index contributed by atoms with van der Waals surface area (Å²) >= 11 is 0. The maximum absolute atomic E-state index is 12.3. The summed E-state index contributed by atoms with van der Waals surface area (Å²) < 4.78 is 23.5. The van der Waals surface area contributed by atoms with Crippen molar-refractivity contribution in [2.45, 2.75) is 65.0 Å². The molecular weight excluding hydrogens is 246 g/mol. The van der Waals surface area contributed by atoms with Crippen molar-refractivity contribution in [2.24, 2.45) is 11.8 Å². The summed E-state index contributed by atoms with van der Waals surface area (Å²) in [6.07, 6.45) is 2.73. The molecule has 1 fully saturated rings. The molecule has 4 atom stereocenters. The number of rotatable bonds is 5. The van der Waals surface area contributed by atoms with Gasteiger partial charge in [-0.2, -0.15) is 0 Å². The van der Waals surface area contributed by atoms with Crippen molar-refractivity contribution in [3.8, 4) is 0 Å². The Kier molecular flexibility index (Phi) is 5.95. The molecule has 0 aliphatic heterocycles. The summed E-state index contributed by atoms with van der Waals surface area (Å²) in [4.78, 5) is 0. The zero-order valence-electron chi connectivity index (χ0n) is 12.3. The third-order valence-corrected chi connectivity index (χ3v) is 4.93. The van der Waals surface area contributed by atoms with Gasteiger partial charge >= 0.3 is 7.60 Å². The molecule has 0 saturated heterocycles. The van der Waals surface area contributed by atoms with Gasteiger partial charge in [0, 0.05) is 6.66 Å². The highest BCUT2D eigenvalue weighted by molar-refractivity contribution is 7.53. The molecule has 0 aromatic carbocycles. The van der Waals surface area contributed by atoms with E-state index in [9.17, 15) is 4.57 Å². The fraction of sp³-hybridized carbons (Fsp3) is 1.00. The minimum absolute atomic E-state index is 0.0386. The Bertz CT molecular complexity index is 307. The van der Waals surface area contributed by atoms with Gasteiger partial charge in [-0.15, -0.1) is 0 Å². The highest BCUT2D eigenvalue weighted by Crippen LogP contribution is 2.51. The quantitative estimate of drug-likeness (QED) is 0.559. The van der Waals surface area contributed by atoms with Gasteiger partial charge in [-0.3, -0.25) is 4.57 Å². The predicted octanol–water partition coefficient (Wildman–Crippen LogP) is 4.03. The second-order valence-corrected chi connectivity index (χ2v) is 8.01. The van der Waals surface area contributed by atoms with Crippen molar-refractivity contribution in [2.75, 3.05) is 6.66 Å². The van der Waals surface area contributed by atoms with Gasteiger partial charge < -0.3 is 9.05 Å². The Morgan fingerprint density at radius 3 is 2.33 bits per heavy atom. The third kappa shape index (κ3) is 5.07. The Balaban J connectivity index is 2.68. The first-order valence-electron chi connectivity index (χ1n) is 6.91. The van der Waals surface area contributed by atoms with Crippen LogP contribution < -0.4 is 0 Å². The zero-order valence-corrected chi connectivity index (χ0v) is 13.2. The molecule has 18 heavy (non-hydrogen) atoms. The minimum Gasteiger partial charge on any atom is -0.306 e. The van der Waals surface area contributed by atoms with E-state index in [0.29, 0.717) is 11.8 Å². The average molecular weight is 272 g/mol. The van der Waals surface area contributed by atoms with Crippen molar-refractivity contribution < 1.29 is 13.6 Å². The van der Waals surface area contributed by atoms with Gasteiger partial charge in [0.05, 0.1) is 20.1 Å². The first-order chi connectivity index (χ1) is 8.21. The van der Waals surface area contributed by atoms with E-state index in [4.69, 9.17) is 16.9 Å². The van der Waals surface area contributed by atoms with Gasteiger partial charge in [0.25, 0.3) is 0 Å². The smallest absolute Gasteiger partial charge is 0.306 e. The molecule has 1 rings (SSSR count). The van der Waals surface area contributed by atoms with E-state index < -0.39 is 7.60 Å². The molecular formula is C13H26BO3P. The molecule has 0 spiro atoms. The van der Waals surface area contributed by atoms with Gasteiger partial charge in [0.15, 0.2) is 0 Å². The van der Waals surface area contributed by atoms with E-state index in [2.05, 4.69) is 13.8 Å². The summed E-state index contributed by atoms with van der Waals surface area (Å²) in [6.45, 7) is 9.66. The van der Waals surface area contributed by atoms with Crippen LogP contribution in [-0.2, 0) is 13.6 Å².